The Morgan fingerprint density at radius 1 is 0.367 bits per heavy atom. The Labute approximate surface area is 346 Å². The highest BCUT2D eigenvalue weighted by molar-refractivity contribution is 6.24. The van der Waals surface area contributed by atoms with Gasteiger partial charge in [-0.05, 0) is 67.9 Å². The molecule has 0 saturated heterocycles. The third-order valence-corrected chi connectivity index (χ3v) is 12.3. The van der Waals surface area contributed by atoms with Crippen molar-refractivity contribution >= 4 is 70.7 Å². The number of rotatable bonds is 5. The minimum Gasteiger partial charge on any atom is -0.252 e. The molecule has 1 aliphatic carbocycles. The maximum atomic E-state index is 5.27. The van der Waals surface area contributed by atoms with Crippen molar-refractivity contribution in [2.45, 2.75) is 12.3 Å². The van der Waals surface area contributed by atoms with Gasteiger partial charge in [0.05, 0.1) is 45.8 Å². The van der Waals surface area contributed by atoms with E-state index in [1.54, 1.807) is 0 Å². The summed E-state index contributed by atoms with van der Waals surface area (Å²) in [5.74, 6) is 0.242. The normalized spacial score (nSPS) is 14.1. The predicted octanol–water partition coefficient (Wildman–Crippen LogP) is 14.3. The maximum Gasteiger partial charge on any atom is 0.0979 e. The SMILES string of the molecule is C1=CC(c2cccc(-c3cccc(-c4cnc5c6ccccc6c6ccccc6c5n4)c3)c2)CC(c2cccc(-c3cnc4c5ccccc5c5ccccc5c4n3)c2)=C1. The highest BCUT2D eigenvalue weighted by Gasteiger charge is 2.18. The smallest absolute Gasteiger partial charge is 0.0979 e. The fourth-order valence-corrected chi connectivity index (χ4v) is 9.33. The highest BCUT2D eigenvalue weighted by Crippen LogP contribution is 2.39. The average molecular weight is 765 g/mol. The van der Waals surface area contributed by atoms with Crippen LogP contribution in [0, 0.1) is 0 Å². The van der Waals surface area contributed by atoms with E-state index >= 15 is 0 Å². The van der Waals surface area contributed by atoms with Crippen LogP contribution in [0.3, 0.4) is 0 Å². The lowest BCUT2D eigenvalue weighted by atomic mass is 9.84. The Morgan fingerprint density at radius 3 is 1.32 bits per heavy atom. The largest absolute Gasteiger partial charge is 0.252 e. The molecule has 4 nitrogen and oxygen atoms in total. The summed E-state index contributed by atoms with van der Waals surface area (Å²) in [5.41, 5.74) is 13.7. The van der Waals surface area contributed by atoms with Gasteiger partial charge in [0.15, 0.2) is 0 Å². The zero-order valence-electron chi connectivity index (χ0n) is 32.6. The summed E-state index contributed by atoms with van der Waals surface area (Å²) in [6, 6.07) is 60.5. The first kappa shape index (κ1) is 34.2. The number of fused-ring (bicyclic) bond motifs is 12. The molecule has 1 aliphatic rings. The number of aromatic nitrogens is 4. The minimum atomic E-state index is 0.242. The molecule has 2 aromatic heterocycles. The summed E-state index contributed by atoms with van der Waals surface area (Å²) >= 11 is 0. The fourth-order valence-electron chi connectivity index (χ4n) is 9.33. The predicted molar refractivity (Wildman–Crippen MR) is 250 cm³/mol. The monoisotopic (exact) mass is 764 g/mol. The van der Waals surface area contributed by atoms with Crippen LogP contribution in [0.25, 0.3) is 104 Å². The third kappa shape index (κ3) is 5.68. The molecule has 11 aromatic rings. The van der Waals surface area contributed by atoms with Gasteiger partial charge in [-0.1, -0.05) is 176 Å². The van der Waals surface area contributed by atoms with E-state index in [9.17, 15) is 0 Å². The first-order chi connectivity index (χ1) is 29.7. The van der Waals surface area contributed by atoms with Crippen LogP contribution < -0.4 is 0 Å². The van der Waals surface area contributed by atoms with Crippen molar-refractivity contribution in [1.82, 2.24) is 19.9 Å². The van der Waals surface area contributed by atoms with Crippen molar-refractivity contribution in [3.63, 3.8) is 0 Å². The second-order valence-corrected chi connectivity index (χ2v) is 15.8. The second kappa shape index (κ2) is 13.9. The van der Waals surface area contributed by atoms with Crippen molar-refractivity contribution in [2.24, 2.45) is 0 Å². The Morgan fingerprint density at radius 2 is 0.783 bits per heavy atom. The van der Waals surface area contributed by atoms with Crippen molar-refractivity contribution in [3.05, 3.63) is 212 Å². The second-order valence-electron chi connectivity index (χ2n) is 15.8. The standard InChI is InChI=1S/C56H36N4/c1-5-25-47-43(21-1)45-23-3-7-27-49(45)55-53(47)57-33-51(59-55)41-19-11-17-39(31-41)37-15-9-13-35(29-37)36-14-10-16-38(30-36)40-18-12-20-42(32-40)52-34-58-54-48-26-6-2-22-44(48)46-24-4-8-28-50(46)56(54)60-52/h1-29,31-34,36H,30H2. The first-order valence-electron chi connectivity index (χ1n) is 20.5. The van der Waals surface area contributed by atoms with E-state index in [-0.39, 0.29) is 5.92 Å². The van der Waals surface area contributed by atoms with Crippen LogP contribution in [0.2, 0.25) is 0 Å². The number of hydrogen-bond acceptors (Lipinski definition) is 4. The number of hydrogen-bond donors (Lipinski definition) is 0. The van der Waals surface area contributed by atoms with Gasteiger partial charge in [0, 0.05) is 38.6 Å². The third-order valence-electron chi connectivity index (χ3n) is 12.3. The van der Waals surface area contributed by atoms with Crippen molar-refractivity contribution in [2.75, 3.05) is 0 Å². The van der Waals surface area contributed by atoms with Gasteiger partial charge in [-0.25, -0.2) is 9.97 Å². The summed E-state index contributed by atoms with van der Waals surface area (Å²) < 4.78 is 0. The van der Waals surface area contributed by atoms with Gasteiger partial charge in [-0.15, -0.1) is 0 Å². The van der Waals surface area contributed by atoms with Crippen LogP contribution in [0.15, 0.2) is 200 Å². The van der Waals surface area contributed by atoms with E-state index in [0.717, 1.165) is 78.1 Å². The lowest BCUT2D eigenvalue weighted by Crippen LogP contribution is -2.01. The molecule has 0 radical (unpaired) electrons. The Balaban J connectivity index is 0.843. The summed E-state index contributed by atoms with van der Waals surface area (Å²) in [7, 11) is 0. The summed E-state index contributed by atoms with van der Waals surface area (Å²) in [5, 5.41) is 9.30. The summed E-state index contributed by atoms with van der Waals surface area (Å²) in [6.07, 6.45) is 11.5. The van der Waals surface area contributed by atoms with Gasteiger partial charge in [0.25, 0.3) is 0 Å². The molecule has 60 heavy (non-hydrogen) atoms. The van der Waals surface area contributed by atoms with Gasteiger partial charge < -0.3 is 0 Å². The molecule has 0 saturated carbocycles. The first-order valence-corrected chi connectivity index (χ1v) is 20.5. The molecule has 12 rings (SSSR count). The molecule has 4 heteroatoms. The Kier molecular flexibility index (Phi) is 7.95. The molecule has 0 fully saturated rings. The van der Waals surface area contributed by atoms with Gasteiger partial charge in [0.2, 0.25) is 0 Å². The van der Waals surface area contributed by atoms with E-state index in [1.165, 1.54) is 43.8 Å². The fraction of sp³-hybridized carbons (Fsp3) is 0.0357. The van der Waals surface area contributed by atoms with E-state index in [1.807, 2.05) is 12.4 Å². The maximum absolute atomic E-state index is 5.27. The summed E-state index contributed by atoms with van der Waals surface area (Å²) in [6.45, 7) is 0. The molecule has 1 atom stereocenters. The van der Waals surface area contributed by atoms with Crippen LogP contribution in [-0.2, 0) is 0 Å². The molecule has 0 bridgehead atoms. The Bertz CT molecular complexity index is 3530. The molecule has 1 unspecified atom stereocenters. The van der Waals surface area contributed by atoms with Crippen LogP contribution in [0.1, 0.15) is 23.5 Å². The molecule has 0 spiro atoms. The van der Waals surface area contributed by atoms with Gasteiger partial charge in [-0.2, -0.15) is 0 Å². The zero-order chi connectivity index (χ0) is 39.6. The zero-order valence-corrected chi connectivity index (χ0v) is 32.6. The van der Waals surface area contributed by atoms with Crippen molar-refractivity contribution < 1.29 is 0 Å². The van der Waals surface area contributed by atoms with Crippen LogP contribution >= 0.6 is 0 Å². The molecule has 0 N–H and O–H groups in total. The minimum absolute atomic E-state index is 0.242. The summed E-state index contributed by atoms with van der Waals surface area (Å²) in [4.78, 5) is 20.6. The van der Waals surface area contributed by atoms with Crippen LogP contribution in [0.5, 0.6) is 0 Å². The molecular weight excluding hydrogens is 729 g/mol. The van der Waals surface area contributed by atoms with Crippen LogP contribution in [-0.4, -0.2) is 19.9 Å². The van der Waals surface area contributed by atoms with Crippen LogP contribution in [0.4, 0.5) is 0 Å². The van der Waals surface area contributed by atoms with E-state index in [2.05, 4.69) is 188 Å². The van der Waals surface area contributed by atoms with Crippen molar-refractivity contribution in [1.29, 1.82) is 0 Å². The molecule has 2 heterocycles. The molecular formula is C56H36N4. The van der Waals surface area contributed by atoms with E-state index in [4.69, 9.17) is 19.9 Å². The quantitative estimate of drug-likeness (QED) is 0.164. The molecule has 0 aliphatic heterocycles. The van der Waals surface area contributed by atoms with Gasteiger partial charge in [-0.3, -0.25) is 9.97 Å². The lowest BCUT2D eigenvalue weighted by molar-refractivity contribution is 0.868. The number of nitrogens with zero attached hydrogens (tertiary/aromatic N) is 4. The molecule has 0 amide bonds. The number of allylic oxidation sites excluding steroid dienone is 4. The highest BCUT2D eigenvalue weighted by atomic mass is 14.8. The van der Waals surface area contributed by atoms with Gasteiger partial charge >= 0.3 is 0 Å². The van der Waals surface area contributed by atoms with Gasteiger partial charge in [0.1, 0.15) is 0 Å². The topological polar surface area (TPSA) is 51.6 Å². The Hall–Kier alpha value is -7.82. The number of benzene rings is 9. The molecule has 280 valence electrons. The molecule has 9 aromatic carbocycles. The van der Waals surface area contributed by atoms with E-state index in [0.29, 0.717) is 0 Å². The van der Waals surface area contributed by atoms with Crippen molar-refractivity contribution in [3.8, 4) is 33.6 Å². The average Bonchev–Trinajstić information content (AvgIpc) is 3.34. The van der Waals surface area contributed by atoms with E-state index < -0.39 is 0 Å². The lowest BCUT2D eigenvalue weighted by Gasteiger charge is -2.20.